The summed E-state index contributed by atoms with van der Waals surface area (Å²) in [6, 6.07) is 8.21. The molecule has 0 saturated heterocycles. The topological polar surface area (TPSA) is 101 Å². The molecule has 0 atom stereocenters. The van der Waals surface area contributed by atoms with E-state index in [-0.39, 0.29) is 17.5 Å². The van der Waals surface area contributed by atoms with Crippen molar-refractivity contribution in [3.05, 3.63) is 41.7 Å². The number of nitrogens with one attached hydrogen (secondary N) is 2. The molecule has 1 heterocycles. The minimum atomic E-state index is -1.10. The lowest BCUT2D eigenvalue weighted by Gasteiger charge is -2.14. The van der Waals surface area contributed by atoms with Crippen LogP contribution < -0.4 is 10.6 Å². The number of nitrogens with zero attached hydrogens (tertiary/aromatic N) is 1. The van der Waals surface area contributed by atoms with Crippen LogP contribution in [0.15, 0.2) is 34.9 Å². The lowest BCUT2D eigenvalue weighted by atomic mass is 10.0. The fourth-order valence-electron chi connectivity index (χ4n) is 2.41. The van der Waals surface area contributed by atoms with Gasteiger partial charge in [0.05, 0.1) is 0 Å². The second kappa shape index (κ2) is 5.92. The quantitative estimate of drug-likeness (QED) is 0.649. The number of rotatable bonds is 5. The number of amides is 2. The third-order valence-corrected chi connectivity index (χ3v) is 4.02. The average Bonchev–Trinajstić information content (AvgIpc) is 3.26. The summed E-state index contributed by atoms with van der Waals surface area (Å²) in [5, 5.41) is 9.01. The fraction of sp³-hybridized carbons (Fsp3) is 0.294. The molecule has 1 aromatic heterocycles. The van der Waals surface area contributed by atoms with Gasteiger partial charge in [0, 0.05) is 17.3 Å². The van der Waals surface area contributed by atoms with Crippen LogP contribution in [0.5, 0.6) is 0 Å². The Kier molecular flexibility index (Phi) is 3.92. The van der Waals surface area contributed by atoms with E-state index in [1.807, 2.05) is 0 Å². The van der Waals surface area contributed by atoms with Gasteiger partial charge in [-0.25, -0.2) is 0 Å². The molecular weight excluding hydrogens is 310 g/mol. The molecule has 7 nitrogen and oxygen atoms in total. The van der Waals surface area contributed by atoms with E-state index in [2.05, 4.69) is 15.8 Å². The van der Waals surface area contributed by atoms with Crippen molar-refractivity contribution in [3.63, 3.8) is 0 Å². The molecule has 7 heteroatoms. The smallest absolute Gasteiger partial charge is 0.241 e. The van der Waals surface area contributed by atoms with E-state index in [1.165, 1.54) is 6.92 Å². The van der Waals surface area contributed by atoms with Crippen molar-refractivity contribution >= 4 is 29.1 Å². The summed E-state index contributed by atoms with van der Waals surface area (Å²) in [6.45, 7) is 3.17. The second-order valence-corrected chi connectivity index (χ2v) is 5.95. The van der Waals surface area contributed by atoms with Crippen LogP contribution in [-0.4, -0.2) is 22.8 Å². The molecule has 0 radical (unpaired) electrons. The van der Waals surface area contributed by atoms with Crippen molar-refractivity contribution in [3.8, 4) is 0 Å². The minimum absolute atomic E-state index is 0.0913. The first-order chi connectivity index (χ1) is 11.4. The largest absolute Gasteiger partial charge is 0.360 e. The molecule has 0 aliphatic heterocycles. The maximum absolute atomic E-state index is 12.5. The molecule has 1 aromatic carbocycles. The minimum Gasteiger partial charge on any atom is -0.360 e. The predicted molar refractivity (Wildman–Crippen MR) is 86.6 cm³/mol. The molecular formula is C17H17N3O4. The standard InChI is InChI=1S/C17H17N3O4/c1-10-8-14(20-24-10)19-16(23)17(6-7-17)15(22)18-13-5-3-4-12(9-13)11(2)21/h3-5,8-9H,6-7H2,1-2H3,(H,18,22)(H,19,20,23). The van der Waals surface area contributed by atoms with Gasteiger partial charge in [0.1, 0.15) is 11.2 Å². The summed E-state index contributed by atoms with van der Waals surface area (Å²) < 4.78 is 4.89. The molecule has 0 spiro atoms. The number of carbonyl (C=O) groups excluding carboxylic acids is 3. The molecule has 2 amide bonds. The van der Waals surface area contributed by atoms with Gasteiger partial charge in [-0.2, -0.15) is 0 Å². The van der Waals surface area contributed by atoms with E-state index in [1.54, 1.807) is 37.3 Å². The Hall–Kier alpha value is -2.96. The van der Waals surface area contributed by atoms with Crippen LogP contribution in [-0.2, 0) is 9.59 Å². The number of aromatic nitrogens is 1. The molecule has 2 aromatic rings. The number of carbonyl (C=O) groups is 3. The average molecular weight is 327 g/mol. The molecule has 1 fully saturated rings. The van der Waals surface area contributed by atoms with Crippen LogP contribution in [0.3, 0.4) is 0 Å². The van der Waals surface area contributed by atoms with Crippen molar-refractivity contribution in [1.82, 2.24) is 5.16 Å². The molecule has 0 unspecified atom stereocenters. The molecule has 0 bridgehead atoms. The van der Waals surface area contributed by atoms with Gasteiger partial charge in [-0.3, -0.25) is 14.4 Å². The number of ketones is 1. The van der Waals surface area contributed by atoms with Crippen LogP contribution in [0.1, 0.15) is 35.9 Å². The first-order valence-electron chi connectivity index (χ1n) is 7.58. The summed E-state index contributed by atoms with van der Waals surface area (Å²) in [6.07, 6.45) is 0.932. The van der Waals surface area contributed by atoms with Crippen molar-refractivity contribution in [2.45, 2.75) is 26.7 Å². The monoisotopic (exact) mass is 327 g/mol. The van der Waals surface area contributed by atoms with Crippen LogP contribution in [0, 0.1) is 12.3 Å². The maximum atomic E-state index is 12.5. The van der Waals surface area contributed by atoms with Crippen LogP contribution >= 0.6 is 0 Å². The second-order valence-electron chi connectivity index (χ2n) is 5.95. The summed E-state index contributed by atoms with van der Waals surface area (Å²) in [5.41, 5.74) is -0.108. The van der Waals surface area contributed by atoms with Crippen molar-refractivity contribution in [2.24, 2.45) is 5.41 Å². The summed E-state index contributed by atoms with van der Waals surface area (Å²) >= 11 is 0. The number of Topliss-reactive ketones (excluding diaryl/α,β-unsaturated/α-hetero) is 1. The van der Waals surface area contributed by atoms with Crippen LogP contribution in [0.4, 0.5) is 11.5 Å². The Balaban J connectivity index is 1.71. The number of hydrogen-bond acceptors (Lipinski definition) is 5. The van der Waals surface area contributed by atoms with Crippen molar-refractivity contribution < 1.29 is 18.9 Å². The first kappa shape index (κ1) is 15.9. The van der Waals surface area contributed by atoms with Gasteiger partial charge in [-0.05, 0) is 38.8 Å². The lowest BCUT2D eigenvalue weighted by Crippen LogP contribution is -2.35. The highest BCUT2D eigenvalue weighted by Crippen LogP contribution is 2.47. The number of benzene rings is 1. The molecule has 124 valence electrons. The van der Waals surface area contributed by atoms with Gasteiger partial charge >= 0.3 is 0 Å². The molecule has 24 heavy (non-hydrogen) atoms. The molecule has 3 rings (SSSR count). The Morgan fingerprint density at radius 3 is 2.42 bits per heavy atom. The highest BCUT2D eigenvalue weighted by atomic mass is 16.5. The van der Waals surface area contributed by atoms with Gasteiger partial charge in [0.15, 0.2) is 11.6 Å². The third-order valence-electron chi connectivity index (χ3n) is 4.02. The van der Waals surface area contributed by atoms with Crippen molar-refractivity contribution in [1.29, 1.82) is 0 Å². The highest BCUT2D eigenvalue weighted by molar-refractivity contribution is 6.16. The van der Waals surface area contributed by atoms with Crippen LogP contribution in [0.2, 0.25) is 0 Å². The van der Waals surface area contributed by atoms with Gasteiger partial charge in [0.25, 0.3) is 0 Å². The molecule has 1 aliphatic rings. The van der Waals surface area contributed by atoms with Gasteiger partial charge in [-0.1, -0.05) is 17.3 Å². The van der Waals surface area contributed by atoms with Gasteiger partial charge < -0.3 is 15.2 Å². The van der Waals surface area contributed by atoms with Crippen molar-refractivity contribution in [2.75, 3.05) is 10.6 Å². The van der Waals surface area contributed by atoms with E-state index in [4.69, 9.17) is 4.52 Å². The van der Waals surface area contributed by atoms with E-state index in [0.29, 0.717) is 29.9 Å². The molecule has 1 saturated carbocycles. The normalized spacial score (nSPS) is 14.8. The zero-order valence-electron chi connectivity index (χ0n) is 13.4. The summed E-state index contributed by atoms with van der Waals surface area (Å²) in [5.74, 6) is -0.0286. The molecule has 2 N–H and O–H groups in total. The summed E-state index contributed by atoms with van der Waals surface area (Å²) in [4.78, 5) is 36.3. The van der Waals surface area contributed by atoms with E-state index in [0.717, 1.165) is 0 Å². The Labute approximate surface area is 138 Å². The van der Waals surface area contributed by atoms with Gasteiger partial charge in [-0.15, -0.1) is 0 Å². The summed E-state index contributed by atoms with van der Waals surface area (Å²) in [7, 11) is 0. The number of aryl methyl sites for hydroxylation is 1. The first-order valence-corrected chi connectivity index (χ1v) is 7.58. The fourth-order valence-corrected chi connectivity index (χ4v) is 2.41. The zero-order valence-corrected chi connectivity index (χ0v) is 13.4. The number of anilines is 2. The van der Waals surface area contributed by atoms with E-state index in [9.17, 15) is 14.4 Å². The lowest BCUT2D eigenvalue weighted by molar-refractivity contribution is -0.131. The third kappa shape index (κ3) is 3.05. The Morgan fingerprint density at radius 1 is 1.12 bits per heavy atom. The van der Waals surface area contributed by atoms with Crippen LogP contribution in [0.25, 0.3) is 0 Å². The highest BCUT2D eigenvalue weighted by Gasteiger charge is 2.56. The Bertz CT molecular complexity index is 821. The Morgan fingerprint density at radius 2 is 1.83 bits per heavy atom. The van der Waals surface area contributed by atoms with E-state index < -0.39 is 11.3 Å². The van der Waals surface area contributed by atoms with Gasteiger partial charge in [0.2, 0.25) is 11.8 Å². The maximum Gasteiger partial charge on any atom is 0.241 e. The number of hydrogen-bond donors (Lipinski definition) is 2. The SMILES string of the molecule is CC(=O)c1cccc(NC(=O)C2(C(=O)Nc3cc(C)on3)CC2)c1. The predicted octanol–water partition coefficient (Wildman–Crippen LogP) is 2.54. The molecule has 1 aliphatic carbocycles. The zero-order chi connectivity index (χ0) is 17.3. The van der Waals surface area contributed by atoms with E-state index >= 15 is 0 Å².